The van der Waals surface area contributed by atoms with Gasteiger partial charge >= 0.3 is 0 Å². The standard InChI is InChI=1S/C29H32Cl2N2O2S/c1-3-21(2)32-29(35)27(17-22-8-5-4-6-9-22)33(18-23-12-14-25(30)15-13-23)28(34)20-36-19-24-10-7-11-26(31)16-24/h4-16,21,27H,3,17-20H2,1-2H3,(H,32,35)/t21-,27-/m1/s1. The van der Waals surface area contributed by atoms with E-state index in [0.717, 1.165) is 23.1 Å². The summed E-state index contributed by atoms with van der Waals surface area (Å²) in [5.74, 6) is 0.679. The minimum Gasteiger partial charge on any atom is -0.352 e. The number of carbonyl (C=O) groups is 2. The maximum atomic E-state index is 13.6. The van der Waals surface area contributed by atoms with Gasteiger partial charge in [0.2, 0.25) is 11.8 Å². The first-order valence-corrected chi connectivity index (χ1v) is 14.0. The number of thioether (sulfide) groups is 1. The minimum absolute atomic E-state index is 0.0143. The smallest absolute Gasteiger partial charge is 0.243 e. The summed E-state index contributed by atoms with van der Waals surface area (Å²) in [5, 5.41) is 4.40. The Balaban J connectivity index is 1.85. The molecule has 0 aliphatic carbocycles. The van der Waals surface area contributed by atoms with Crippen molar-refractivity contribution in [1.82, 2.24) is 10.2 Å². The summed E-state index contributed by atoms with van der Waals surface area (Å²) in [4.78, 5) is 28.8. The van der Waals surface area contributed by atoms with Gasteiger partial charge in [-0.15, -0.1) is 11.8 Å². The zero-order chi connectivity index (χ0) is 25.9. The molecule has 36 heavy (non-hydrogen) atoms. The van der Waals surface area contributed by atoms with Gasteiger partial charge in [-0.1, -0.05) is 84.7 Å². The predicted octanol–water partition coefficient (Wildman–Crippen LogP) is 6.78. The van der Waals surface area contributed by atoms with Gasteiger partial charge in [-0.3, -0.25) is 9.59 Å². The Morgan fingerprint density at radius 3 is 2.25 bits per heavy atom. The van der Waals surface area contributed by atoms with E-state index in [0.29, 0.717) is 28.8 Å². The van der Waals surface area contributed by atoms with E-state index in [2.05, 4.69) is 5.32 Å². The van der Waals surface area contributed by atoms with Crippen LogP contribution in [0.4, 0.5) is 0 Å². The minimum atomic E-state index is -0.642. The lowest BCUT2D eigenvalue weighted by atomic mass is 10.0. The van der Waals surface area contributed by atoms with Crippen LogP contribution in [0.3, 0.4) is 0 Å². The van der Waals surface area contributed by atoms with Crippen LogP contribution in [-0.4, -0.2) is 34.6 Å². The maximum Gasteiger partial charge on any atom is 0.243 e. The number of nitrogens with zero attached hydrogens (tertiary/aromatic N) is 1. The van der Waals surface area contributed by atoms with Gasteiger partial charge in [0.25, 0.3) is 0 Å². The molecule has 0 aliphatic rings. The van der Waals surface area contributed by atoms with E-state index in [1.165, 1.54) is 11.8 Å². The van der Waals surface area contributed by atoms with E-state index >= 15 is 0 Å². The van der Waals surface area contributed by atoms with Crippen LogP contribution < -0.4 is 5.32 Å². The molecule has 0 aromatic heterocycles. The third-order valence-corrected chi connectivity index (χ3v) is 7.40. The van der Waals surface area contributed by atoms with Crippen molar-refractivity contribution in [3.05, 3.63) is 106 Å². The van der Waals surface area contributed by atoms with Gasteiger partial charge in [-0.2, -0.15) is 0 Å². The van der Waals surface area contributed by atoms with E-state index in [4.69, 9.17) is 23.2 Å². The second-order valence-electron chi connectivity index (χ2n) is 8.79. The molecule has 2 amide bonds. The van der Waals surface area contributed by atoms with Crippen molar-refractivity contribution in [1.29, 1.82) is 0 Å². The molecule has 0 radical (unpaired) electrons. The highest BCUT2D eigenvalue weighted by atomic mass is 35.5. The van der Waals surface area contributed by atoms with Gasteiger partial charge < -0.3 is 10.2 Å². The molecule has 190 valence electrons. The Hall–Kier alpha value is -2.47. The van der Waals surface area contributed by atoms with Crippen LogP contribution in [0.1, 0.15) is 37.0 Å². The lowest BCUT2D eigenvalue weighted by Gasteiger charge is -2.32. The van der Waals surface area contributed by atoms with Gasteiger partial charge in [0, 0.05) is 34.8 Å². The van der Waals surface area contributed by atoms with Crippen LogP contribution in [0.15, 0.2) is 78.9 Å². The third kappa shape index (κ3) is 8.88. The summed E-state index contributed by atoms with van der Waals surface area (Å²) < 4.78 is 0. The summed E-state index contributed by atoms with van der Waals surface area (Å²) in [6.45, 7) is 4.32. The highest BCUT2D eigenvalue weighted by Gasteiger charge is 2.30. The van der Waals surface area contributed by atoms with Crippen molar-refractivity contribution in [3.8, 4) is 0 Å². The Labute approximate surface area is 228 Å². The highest BCUT2D eigenvalue weighted by Crippen LogP contribution is 2.21. The number of amides is 2. The highest BCUT2D eigenvalue weighted by molar-refractivity contribution is 7.99. The average Bonchev–Trinajstić information content (AvgIpc) is 2.87. The molecule has 3 aromatic carbocycles. The fraction of sp³-hybridized carbons (Fsp3) is 0.310. The molecule has 0 unspecified atom stereocenters. The quantitative estimate of drug-likeness (QED) is 0.274. The van der Waals surface area contributed by atoms with Crippen molar-refractivity contribution in [2.75, 3.05) is 5.75 Å². The zero-order valence-corrected chi connectivity index (χ0v) is 23.0. The molecule has 0 saturated carbocycles. The zero-order valence-electron chi connectivity index (χ0n) is 20.6. The number of hydrogen-bond donors (Lipinski definition) is 1. The molecule has 0 fully saturated rings. The number of hydrogen-bond acceptors (Lipinski definition) is 3. The topological polar surface area (TPSA) is 49.4 Å². The summed E-state index contributed by atoms with van der Waals surface area (Å²) in [7, 11) is 0. The molecular weight excluding hydrogens is 511 g/mol. The summed E-state index contributed by atoms with van der Waals surface area (Å²) in [5.41, 5.74) is 2.98. The summed E-state index contributed by atoms with van der Waals surface area (Å²) in [6.07, 6.45) is 1.24. The van der Waals surface area contributed by atoms with Gasteiger partial charge in [0.05, 0.1) is 5.75 Å². The van der Waals surface area contributed by atoms with Crippen molar-refractivity contribution < 1.29 is 9.59 Å². The van der Waals surface area contributed by atoms with E-state index in [-0.39, 0.29) is 23.6 Å². The van der Waals surface area contributed by atoms with Crippen LogP contribution in [0.5, 0.6) is 0 Å². The summed E-state index contributed by atoms with van der Waals surface area (Å²) in [6, 6.07) is 24.2. The molecule has 0 aliphatic heterocycles. The van der Waals surface area contributed by atoms with E-state index in [1.54, 1.807) is 17.0 Å². The van der Waals surface area contributed by atoms with Crippen LogP contribution in [0.25, 0.3) is 0 Å². The fourth-order valence-electron chi connectivity index (χ4n) is 3.75. The Morgan fingerprint density at radius 2 is 1.58 bits per heavy atom. The second kappa shape index (κ2) is 14.3. The molecule has 3 aromatic rings. The molecule has 7 heteroatoms. The molecule has 4 nitrogen and oxygen atoms in total. The van der Waals surface area contributed by atoms with Crippen LogP contribution >= 0.6 is 35.0 Å². The first-order valence-electron chi connectivity index (χ1n) is 12.1. The van der Waals surface area contributed by atoms with E-state index in [1.807, 2.05) is 80.6 Å². The van der Waals surface area contributed by atoms with Crippen LogP contribution in [0, 0.1) is 0 Å². The molecule has 0 bridgehead atoms. The van der Waals surface area contributed by atoms with Crippen molar-refractivity contribution in [2.24, 2.45) is 0 Å². The number of nitrogens with one attached hydrogen (secondary N) is 1. The molecule has 3 rings (SSSR count). The molecular formula is C29H32Cl2N2O2S. The Kier molecular flexibility index (Phi) is 11.2. The van der Waals surface area contributed by atoms with Crippen LogP contribution in [-0.2, 0) is 28.3 Å². The lowest BCUT2D eigenvalue weighted by molar-refractivity contribution is -0.139. The number of halogens is 2. The number of benzene rings is 3. The van der Waals surface area contributed by atoms with Crippen molar-refractivity contribution in [2.45, 2.75) is 51.1 Å². The summed E-state index contributed by atoms with van der Waals surface area (Å²) >= 11 is 13.7. The maximum absolute atomic E-state index is 13.6. The predicted molar refractivity (Wildman–Crippen MR) is 151 cm³/mol. The third-order valence-electron chi connectivity index (χ3n) is 5.92. The lowest BCUT2D eigenvalue weighted by Crippen LogP contribution is -2.52. The van der Waals surface area contributed by atoms with E-state index in [9.17, 15) is 9.59 Å². The Bertz CT molecular complexity index is 1130. The molecule has 0 heterocycles. The van der Waals surface area contributed by atoms with E-state index < -0.39 is 6.04 Å². The Morgan fingerprint density at radius 1 is 0.889 bits per heavy atom. The normalized spacial score (nSPS) is 12.6. The van der Waals surface area contributed by atoms with Crippen molar-refractivity contribution >= 4 is 46.8 Å². The largest absolute Gasteiger partial charge is 0.352 e. The second-order valence-corrected chi connectivity index (χ2v) is 10.7. The first-order chi connectivity index (χ1) is 17.4. The average molecular weight is 544 g/mol. The van der Waals surface area contributed by atoms with Crippen molar-refractivity contribution in [3.63, 3.8) is 0 Å². The van der Waals surface area contributed by atoms with Gasteiger partial charge in [0.1, 0.15) is 6.04 Å². The number of carbonyl (C=O) groups excluding carboxylic acids is 2. The molecule has 0 spiro atoms. The van der Waals surface area contributed by atoms with Gasteiger partial charge in [0.15, 0.2) is 0 Å². The van der Waals surface area contributed by atoms with Gasteiger partial charge in [-0.25, -0.2) is 0 Å². The monoisotopic (exact) mass is 542 g/mol. The fourth-order valence-corrected chi connectivity index (χ4v) is 4.94. The SMILES string of the molecule is CC[C@@H](C)NC(=O)[C@@H](Cc1ccccc1)N(Cc1ccc(Cl)cc1)C(=O)CSCc1cccc(Cl)c1. The molecule has 1 N–H and O–H groups in total. The molecule has 2 atom stereocenters. The van der Waals surface area contributed by atoms with Gasteiger partial charge in [-0.05, 0) is 54.3 Å². The number of rotatable bonds is 12. The first kappa shape index (κ1) is 28.1. The molecule has 0 saturated heterocycles. The van der Waals surface area contributed by atoms with Crippen LogP contribution in [0.2, 0.25) is 10.0 Å².